The molecule has 0 saturated heterocycles. The van der Waals surface area contributed by atoms with Gasteiger partial charge in [-0.2, -0.15) is 0 Å². The molecule has 0 fully saturated rings. The molecule has 3 N–H and O–H groups in total. The van der Waals surface area contributed by atoms with Gasteiger partial charge in [-0.05, 0) is 12.8 Å². The second-order valence-corrected chi connectivity index (χ2v) is 4.07. The van der Waals surface area contributed by atoms with E-state index in [1.165, 1.54) is 0 Å². The van der Waals surface area contributed by atoms with Gasteiger partial charge in [-0.1, -0.05) is 0 Å². The Bertz CT molecular complexity index is 526. The Morgan fingerprint density at radius 3 is 2.14 bits per heavy atom. The van der Waals surface area contributed by atoms with Gasteiger partial charge in [0.2, 0.25) is 0 Å². The summed E-state index contributed by atoms with van der Waals surface area (Å²) in [6.07, 6.45) is 0.538. The average molecular weight is 308 g/mol. The summed E-state index contributed by atoms with van der Waals surface area (Å²) >= 11 is 0. The minimum Gasteiger partial charge on any atom is -0.481 e. The maximum atomic E-state index is 13.2. The molecule has 0 aromatic heterocycles. The molecule has 0 aliphatic rings. The highest BCUT2D eigenvalue weighted by molar-refractivity contribution is 5.89. The maximum absolute atomic E-state index is 13.2. The normalized spacial score (nSPS) is 10.3. The van der Waals surface area contributed by atoms with Crippen molar-refractivity contribution in [2.24, 2.45) is 0 Å². The fourth-order valence-electron chi connectivity index (χ4n) is 1.44. The molecule has 9 heteroatoms. The number of rotatable bonds is 6. The van der Waals surface area contributed by atoms with Crippen LogP contribution < -0.4 is 10.6 Å². The Morgan fingerprint density at radius 1 is 1.05 bits per heavy atom. The smallest absolute Gasteiger partial charge is 0.319 e. The van der Waals surface area contributed by atoms with Gasteiger partial charge in [-0.25, -0.2) is 22.4 Å². The van der Waals surface area contributed by atoms with E-state index in [-0.39, 0.29) is 19.0 Å². The third kappa shape index (κ3) is 4.93. The van der Waals surface area contributed by atoms with Crippen LogP contribution in [-0.4, -0.2) is 23.7 Å². The molecule has 0 heterocycles. The van der Waals surface area contributed by atoms with Gasteiger partial charge in [0.15, 0.2) is 23.3 Å². The van der Waals surface area contributed by atoms with Crippen LogP contribution in [0.25, 0.3) is 0 Å². The van der Waals surface area contributed by atoms with E-state index >= 15 is 0 Å². The molecule has 0 spiro atoms. The molecule has 21 heavy (non-hydrogen) atoms. The topological polar surface area (TPSA) is 78.4 Å². The number of urea groups is 1. The molecule has 0 saturated carbocycles. The Morgan fingerprint density at radius 2 is 1.62 bits per heavy atom. The van der Waals surface area contributed by atoms with Crippen molar-refractivity contribution in [3.05, 3.63) is 29.3 Å². The van der Waals surface area contributed by atoms with Crippen LogP contribution >= 0.6 is 0 Å². The van der Waals surface area contributed by atoms with Crippen LogP contribution in [0.15, 0.2) is 6.07 Å². The first kappa shape index (κ1) is 16.7. The van der Waals surface area contributed by atoms with Crippen LogP contribution in [0.5, 0.6) is 0 Å². The molecule has 0 radical (unpaired) electrons. The number of benzene rings is 1. The SMILES string of the molecule is O=C(O)CCCCNC(=O)Nc1c(F)c(F)cc(F)c1F. The number of hydrogen-bond donors (Lipinski definition) is 3. The van der Waals surface area contributed by atoms with Gasteiger partial charge < -0.3 is 15.7 Å². The van der Waals surface area contributed by atoms with Gasteiger partial charge in [0.05, 0.1) is 0 Å². The summed E-state index contributed by atoms with van der Waals surface area (Å²) in [6, 6.07) is -1.03. The number of hydrogen-bond acceptors (Lipinski definition) is 2. The molecule has 1 aromatic carbocycles. The number of anilines is 1. The van der Waals surface area contributed by atoms with Crippen LogP contribution in [0.4, 0.5) is 28.0 Å². The van der Waals surface area contributed by atoms with Crippen molar-refractivity contribution in [3.63, 3.8) is 0 Å². The third-order valence-corrected chi connectivity index (χ3v) is 2.45. The van der Waals surface area contributed by atoms with Crippen molar-refractivity contribution >= 4 is 17.7 Å². The molecule has 0 unspecified atom stereocenters. The summed E-state index contributed by atoms with van der Waals surface area (Å²) in [6.45, 7) is 0.0418. The standard InChI is InChI=1S/C12H12F4N2O3/c13-6-5-7(14)10(16)11(9(6)15)18-12(21)17-4-2-1-3-8(19)20/h5H,1-4H2,(H,19,20)(H2,17,18,21). The predicted molar refractivity (Wildman–Crippen MR) is 64.8 cm³/mol. The Kier molecular flexibility index (Phi) is 5.94. The van der Waals surface area contributed by atoms with E-state index in [4.69, 9.17) is 5.11 Å². The van der Waals surface area contributed by atoms with Crippen LogP contribution in [-0.2, 0) is 4.79 Å². The lowest BCUT2D eigenvalue weighted by Crippen LogP contribution is -2.30. The molecule has 116 valence electrons. The highest BCUT2D eigenvalue weighted by Crippen LogP contribution is 2.23. The molecule has 0 aliphatic carbocycles. The van der Waals surface area contributed by atoms with Gasteiger partial charge in [-0.15, -0.1) is 0 Å². The quantitative estimate of drug-likeness (QED) is 0.429. The molecule has 0 aliphatic heterocycles. The molecule has 1 aromatic rings. The number of halogens is 4. The lowest BCUT2D eigenvalue weighted by Gasteiger charge is -2.10. The second-order valence-electron chi connectivity index (χ2n) is 4.07. The molecular formula is C12H12F4N2O3. The zero-order chi connectivity index (χ0) is 16.0. The molecule has 0 bridgehead atoms. The zero-order valence-electron chi connectivity index (χ0n) is 10.7. The van der Waals surface area contributed by atoms with E-state index < -0.39 is 41.0 Å². The minimum absolute atomic E-state index is 0.0274. The summed E-state index contributed by atoms with van der Waals surface area (Å²) < 4.78 is 52.3. The average Bonchev–Trinajstić information content (AvgIpc) is 2.40. The first-order valence-corrected chi connectivity index (χ1v) is 5.92. The van der Waals surface area contributed by atoms with Gasteiger partial charge in [0.1, 0.15) is 5.69 Å². The van der Waals surface area contributed by atoms with E-state index in [1.54, 1.807) is 5.32 Å². The fraction of sp³-hybridized carbons (Fsp3) is 0.333. The van der Waals surface area contributed by atoms with Crippen molar-refractivity contribution < 1.29 is 32.3 Å². The fourth-order valence-corrected chi connectivity index (χ4v) is 1.44. The first-order valence-electron chi connectivity index (χ1n) is 5.92. The summed E-state index contributed by atoms with van der Waals surface area (Å²) in [4.78, 5) is 21.5. The summed E-state index contributed by atoms with van der Waals surface area (Å²) in [7, 11) is 0. The van der Waals surface area contributed by atoms with Gasteiger partial charge in [0.25, 0.3) is 0 Å². The number of nitrogens with one attached hydrogen (secondary N) is 2. The highest BCUT2D eigenvalue weighted by atomic mass is 19.2. The summed E-state index contributed by atoms with van der Waals surface area (Å²) in [5, 5.41) is 12.2. The molecule has 2 amide bonds. The number of carbonyl (C=O) groups excluding carboxylic acids is 1. The Labute approximate surface area is 117 Å². The molecule has 5 nitrogen and oxygen atoms in total. The van der Waals surface area contributed by atoms with Gasteiger partial charge in [-0.3, -0.25) is 4.79 Å². The minimum atomic E-state index is -1.71. The van der Waals surface area contributed by atoms with Gasteiger partial charge >= 0.3 is 12.0 Å². The molecule has 0 atom stereocenters. The van der Waals surface area contributed by atoms with E-state index in [0.29, 0.717) is 12.8 Å². The van der Waals surface area contributed by atoms with Crippen molar-refractivity contribution in [1.29, 1.82) is 0 Å². The number of carboxylic acids is 1. The monoisotopic (exact) mass is 308 g/mol. The lowest BCUT2D eigenvalue weighted by molar-refractivity contribution is -0.137. The summed E-state index contributed by atoms with van der Waals surface area (Å²) in [5.74, 6) is -7.68. The van der Waals surface area contributed by atoms with E-state index in [0.717, 1.165) is 0 Å². The number of amides is 2. The second kappa shape index (κ2) is 7.46. The molecule has 1 rings (SSSR count). The largest absolute Gasteiger partial charge is 0.481 e. The van der Waals surface area contributed by atoms with E-state index in [2.05, 4.69) is 5.32 Å². The highest BCUT2D eigenvalue weighted by Gasteiger charge is 2.20. The number of carboxylic acid groups (broad SMARTS) is 1. The van der Waals surface area contributed by atoms with Crippen LogP contribution in [0.3, 0.4) is 0 Å². The number of unbranched alkanes of at least 4 members (excludes halogenated alkanes) is 1. The third-order valence-electron chi connectivity index (χ3n) is 2.45. The van der Waals surface area contributed by atoms with Crippen LogP contribution in [0.2, 0.25) is 0 Å². The predicted octanol–water partition coefficient (Wildman–Crippen LogP) is 2.62. The van der Waals surface area contributed by atoms with Crippen molar-refractivity contribution in [2.75, 3.05) is 11.9 Å². The lowest BCUT2D eigenvalue weighted by atomic mass is 10.2. The first-order chi connectivity index (χ1) is 9.82. The maximum Gasteiger partial charge on any atom is 0.319 e. The van der Waals surface area contributed by atoms with Crippen LogP contribution in [0.1, 0.15) is 19.3 Å². The van der Waals surface area contributed by atoms with E-state index in [1.807, 2.05) is 0 Å². The van der Waals surface area contributed by atoms with Crippen molar-refractivity contribution in [3.8, 4) is 0 Å². The van der Waals surface area contributed by atoms with Crippen molar-refractivity contribution in [1.82, 2.24) is 5.32 Å². The Balaban J connectivity index is 2.54. The molecular weight excluding hydrogens is 296 g/mol. The Hall–Kier alpha value is -2.32. The van der Waals surface area contributed by atoms with Gasteiger partial charge in [0, 0.05) is 19.0 Å². The number of carbonyl (C=O) groups is 2. The van der Waals surface area contributed by atoms with Crippen LogP contribution in [0, 0.1) is 23.3 Å². The number of aliphatic carboxylic acids is 1. The van der Waals surface area contributed by atoms with E-state index in [9.17, 15) is 27.2 Å². The van der Waals surface area contributed by atoms with Crippen molar-refractivity contribution in [2.45, 2.75) is 19.3 Å². The zero-order valence-corrected chi connectivity index (χ0v) is 10.7. The summed E-state index contributed by atoms with van der Waals surface area (Å²) in [5.41, 5.74) is -1.23.